The SMILES string of the molecule is Nc1nc2ccc(C(=O)NCCc3cnc[nH]3)cc2s1. The third-order valence-corrected chi connectivity index (χ3v) is 3.75. The summed E-state index contributed by atoms with van der Waals surface area (Å²) < 4.78 is 0.920. The monoisotopic (exact) mass is 287 g/mol. The molecule has 102 valence electrons. The van der Waals surface area contributed by atoms with Gasteiger partial charge in [0.05, 0.1) is 16.5 Å². The van der Waals surface area contributed by atoms with E-state index < -0.39 is 0 Å². The quantitative estimate of drug-likeness (QED) is 0.678. The minimum absolute atomic E-state index is 0.0987. The predicted molar refractivity (Wildman–Crippen MR) is 78.7 cm³/mol. The second-order valence-electron chi connectivity index (χ2n) is 4.32. The van der Waals surface area contributed by atoms with E-state index in [9.17, 15) is 4.79 Å². The summed E-state index contributed by atoms with van der Waals surface area (Å²) >= 11 is 1.38. The number of hydrogen-bond acceptors (Lipinski definition) is 5. The van der Waals surface area contributed by atoms with Crippen LogP contribution in [0.15, 0.2) is 30.7 Å². The van der Waals surface area contributed by atoms with Crippen LogP contribution in [0.25, 0.3) is 10.2 Å². The molecule has 2 heterocycles. The number of imidazole rings is 1. The average molecular weight is 287 g/mol. The molecule has 0 aliphatic carbocycles. The van der Waals surface area contributed by atoms with Gasteiger partial charge in [-0.05, 0) is 18.2 Å². The lowest BCUT2D eigenvalue weighted by atomic mass is 10.2. The maximum atomic E-state index is 12.0. The second kappa shape index (κ2) is 5.30. The van der Waals surface area contributed by atoms with Crippen LogP contribution in [0.4, 0.5) is 5.13 Å². The number of carbonyl (C=O) groups excluding carboxylic acids is 1. The summed E-state index contributed by atoms with van der Waals surface area (Å²) in [6.45, 7) is 0.559. The fourth-order valence-corrected chi connectivity index (χ4v) is 2.69. The lowest BCUT2D eigenvalue weighted by Crippen LogP contribution is -2.25. The Labute approximate surface area is 119 Å². The van der Waals surface area contributed by atoms with Crippen molar-refractivity contribution in [2.45, 2.75) is 6.42 Å². The van der Waals surface area contributed by atoms with Gasteiger partial charge in [0.1, 0.15) is 0 Å². The van der Waals surface area contributed by atoms with Gasteiger partial charge in [0, 0.05) is 30.4 Å². The van der Waals surface area contributed by atoms with Crippen molar-refractivity contribution in [2.24, 2.45) is 0 Å². The zero-order valence-corrected chi connectivity index (χ0v) is 11.4. The largest absolute Gasteiger partial charge is 0.375 e. The van der Waals surface area contributed by atoms with Gasteiger partial charge in [0.25, 0.3) is 5.91 Å². The molecule has 3 aromatic rings. The molecule has 0 saturated carbocycles. The van der Waals surface area contributed by atoms with E-state index in [0.717, 1.165) is 22.3 Å². The molecule has 4 N–H and O–H groups in total. The van der Waals surface area contributed by atoms with Crippen LogP contribution in [0.3, 0.4) is 0 Å². The molecule has 0 fully saturated rings. The Kier molecular flexibility index (Phi) is 3.34. The summed E-state index contributed by atoms with van der Waals surface area (Å²) in [5.74, 6) is -0.0987. The topological polar surface area (TPSA) is 96.7 Å². The van der Waals surface area contributed by atoms with E-state index in [-0.39, 0.29) is 5.91 Å². The van der Waals surface area contributed by atoms with Gasteiger partial charge in [0.2, 0.25) is 0 Å². The molecule has 0 aliphatic heterocycles. The van der Waals surface area contributed by atoms with Crippen molar-refractivity contribution < 1.29 is 4.79 Å². The van der Waals surface area contributed by atoms with Crippen LogP contribution < -0.4 is 11.1 Å². The van der Waals surface area contributed by atoms with E-state index in [1.165, 1.54) is 11.3 Å². The zero-order valence-electron chi connectivity index (χ0n) is 10.6. The van der Waals surface area contributed by atoms with Gasteiger partial charge in [0.15, 0.2) is 5.13 Å². The summed E-state index contributed by atoms with van der Waals surface area (Å²) in [7, 11) is 0. The summed E-state index contributed by atoms with van der Waals surface area (Å²) in [5.41, 5.74) is 8.08. The molecule has 2 aromatic heterocycles. The molecule has 20 heavy (non-hydrogen) atoms. The van der Waals surface area contributed by atoms with E-state index in [0.29, 0.717) is 17.2 Å². The summed E-state index contributed by atoms with van der Waals surface area (Å²) in [5, 5.41) is 3.39. The molecule has 0 atom stereocenters. The van der Waals surface area contributed by atoms with E-state index in [1.54, 1.807) is 18.6 Å². The van der Waals surface area contributed by atoms with Crippen molar-refractivity contribution in [1.29, 1.82) is 0 Å². The zero-order chi connectivity index (χ0) is 13.9. The highest BCUT2D eigenvalue weighted by molar-refractivity contribution is 7.22. The first kappa shape index (κ1) is 12.6. The highest BCUT2D eigenvalue weighted by atomic mass is 32.1. The van der Waals surface area contributed by atoms with E-state index >= 15 is 0 Å². The van der Waals surface area contributed by atoms with Crippen LogP contribution in [0.2, 0.25) is 0 Å². The van der Waals surface area contributed by atoms with Gasteiger partial charge in [-0.2, -0.15) is 0 Å². The molecular weight excluding hydrogens is 274 g/mol. The summed E-state index contributed by atoms with van der Waals surface area (Å²) in [6.07, 6.45) is 4.10. The molecular formula is C13H13N5OS. The molecule has 1 aromatic carbocycles. The molecule has 0 saturated heterocycles. The van der Waals surface area contributed by atoms with Gasteiger partial charge >= 0.3 is 0 Å². The molecule has 1 amide bonds. The van der Waals surface area contributed by atoms with Gasteiger partial charge in [-0.3, -0.25) is 4.79 Å². The van der Waals surface area contributed by atoms with E-state index in [4.69, 9.17) is 5.73 Å². The van der Waals surface area contributed by atoms with Gasteiger partial charge in [-0.25, -0.2) is 9.97 Å². The first-order valence-electron chi connectivity index (χ1n) is 6.14. The maximum absolute atomic E-state index is 12.0. The standard InChI is InChI=1S/C13H13N5OS/c14-13-18-10-2-1-8(5-11(10)20-13)12(19)16-4-3-9-6-15-7-17-9/h1-2,5-7H,3-4H2,(H2,14,18)(H,15,17)(H,16,19). The predicted octanol–water partition coefficient (Wildman–Crippen LogP) is 1.57. The highest BCUT2D eigenvalue weighted by Crippen LogP contribution is 2.24. The lowest BCUT2D eigenvalue weighted by molar-refractivity contribution is 0.0954. The van der Waals surface area contributed by atoms with Crippen LogP contribution in [0, 0.1) is 0 Å². The molecule has 7 heteroatoms. The number of hydrogen-bond donors (Lipinski definition) is 3. The van der Waals surface area contributed by atoms with Gasteiger partial charge in [-0.1, -0.05) is 11.3 Å². The number of anilines is 1. The van der Waals surface area contributed by atoms with Crippen molar-refractivity contribution in [2.75, 3.05) is 12.3 Å². The Hall–Kier alpha value is -2.41. The average Bonchev–Trinajstić information content (AvgIpc) is 3.05. The number of benzene rings is 1. The van der Waals surface area contributed by atoms with Crippen LogP contribution in [-0.4, -0.2) is 27.4 Å². The Morgan fingerprint density at radius 2 is 2.35 bits per heavy atom. The fourth-order valence-electron chi connectivity index (χ4n) is 1.92. The number of nitrogens with one attached hydrogen (secondary N) is 2. The van der Waals surface area contributed by atoms with E-state index in [1.807, 2.05) is 12.1 Å². The number of nitrogens with two attached hydrogens (primary N) is 1. The molecule has 0 aliphatic rings. The van der Waals surface area contributed by atoms with Crippen molar-refractivity contribution in [3.8, 4) is 0 Å². The number of rotatable bonds is 4. The third-order valence-electron chi connectivity index (χ3n) is 2.90. The molecule has 0 radical (unpaired) electrons. The third kappa shape index (κ3) is 2.62. The van der Waals surface area contributed by atoms with Crippen LogP contribution >= 0.6 is 11.3 Å². The number of thiazole rings is 1. The summed E-state index contributed by atoms with van der Waals surface area (Å²) in [4.78, 5) is 23.1. The minimum Gasteiger partial charge on any atom is -0.375 e. The Morgan fingerprint density at radius 3 is 3.15 bits per heavy atom. The van der Waals surface area contributed by atoms with Crippen LogP contribution in [-0.2, 0) is 6.42 Å². The number of fused-ring (bicyclic) bond motifs is 1. The highest BCUT2D eigenvalue weighted by Gasteiger charge is 2.08. The Balaban J connectivity index is 1.65. The molecule has 6 nitrogen and oxygen atoms in total. The number of H-pyrrole nitrogens is 1. The molecule has 0 spiro atoms. The van der Waals surface area contributed by atoms with Crippen molar-refractivity contribution in [1.82, 2.24) is 20.3 Å². The smallest absolute Gasteiger partial charge is 0.251 e. The van der Waals surface area contributed by atoms with Gasteiger partial charge in [-0.15, -0.1) is 0 Å². The maximum Gasteiger partial charge on any atom is 0.251 e. The molecule has 0 bridgehead atoms. The Bertz CT molecular complexity index is 734. The first-order valence-corrected chi connectivity index (χ1v) is 6.95. The van der Waals surface area contributed by atoms with Gasteiger partial charge < -0.3 is 16.0 Å². The number of aromatic nitrogens is 3. The molecule has 0 unspecified atom stereocenters. The number of amides is 1. The number of aromatic amines is 1. The number of nitrogen functional groups attached to an aromatic ring is 1. The van der Waals surface area contributed by atoms with E-state index in [2.05, 4.69) is 20.3 Å². The second-order valence-corrected chi connectivity index (χ2v) is 5.38. The fraction of sp³-hybridized carbons (Fsp3) is 0.154. The normalized spacial score (nSPS) is 10.8. The summed E-state index contributed by atoms with van der Waals surface area (Å²) in [6, 6.07) is 5.38. The van der Waals surface area contributed by atoms with Crippen LogP contribution in [0.1, 0.15) is 16.1 Å². The van der Waals surface area contributed by atoms with Crippen molar-refractivity contribution in [3.63, 3.8) is 0 Å². The number of carbonyl (C=O) groups is 1. The Morgan fingerprint density at radius 1 is 1.45 bits per heavy atom. The van der Waals surface area contributed by atoms with Crippen molar-refractivity contribution in [3.05, 3.63) is 42.0 Å². The van der Waals surface area contributed by atoms with Crippen molar-refractivity contribution >= 4 is 32.6 Å². The number of nitrogens with zero attached hydrogens (tertiary/aromatic N) is 2. The minimum atomic E-state index is -0.0987. The first-order chi connectivity index (χ1) is 9.72. The molecule has 3 rings (SSSR count). The van der Waals surface area contributed by atoms with Crippen LogP contribution in [0.5, 0.6) is 0 Å². The lowest BCUT2D eigenvalue weighted by Gasteiger charge is -2.04.